The number of nitrogens with two attached hydrogens (primary N) is 1. The van der Waals surface area contributed by atoms with E-state index in [0.29, 0.717) is 19.0 Å². The average Bonchev–Trinajstić information content (AvgIpc) is 3.04. The van der Waals surface area contributed by atoms with Gasteiger partial charge in [0.1, 0.15) is 0 Å². The van der Waals surface area contributed by atoms with Crippen molar-refractivity contribution in [2.24, 2.45) is 11.7 Å². The van der Waals surface area contributed by atoms with Crippen molar-refractivity contribution >= 4 is 5.91 Å². The quantitative estimate of drug-likeness (QED) is 0.809. The van der Waals surface area contributed by atoms with Crippen molar-refractivity contribution in [1.29, 1.82) is 0 Å². The molecule has 18 heavy (non-hydrogen) atoms. The largest absolute Gasteiger partial charge is 0.380 e. The van der Waals surface area contributed by atoms with Crippen molar-refractivity contribution in [3.8, 4) is 0 Å². The number of carbonyl (C=O) groups excluding carboxylic acids is 1. The van der Waals surface area contributed by atoms with Crippen LogP contribution in [0.1, 0.15) is 44.9 Å². The molecule has 1 heterocycles. The molecule has 1 aliphatic carbocycles. The Morgan fingerprint density at radius 1 is 1.33 bits per heavy atom. The first kappa shape index (κ1) is 13.8. The lowest BCUT2D eigenvalue weighted by Gasteiger charge is -2.30. The summed E-state index contributed by atoms with van der Waals surface area (Å²) in [5, 5.41) is 0. The highest BCUT2D eigenvalue weighted by Crippen LogP contribution is 2.35. The first-order valence-electron chi connectivity index (χ1n) is 7.28. The molecule has 2 unspecified atom stereocenters. The standard InChI is InChI=1S/C14H26N2O2/c1-18-12(10-15)9-14(17)16-8-4-7-13(16)11-5-2-3-6-11/h11-13H,2-10,15H2,1H3. The fourth-order valence-electron chi connectivity index (χ4n) is 3.51. The summed E-state index contributed by atoms with van der Waals surface area (Å²) in [7, 11) is 1.63. The molecule has 4 heteroatoms. The molecule has 1 saturated carbocycles. The Morgan fingerprint density at radius 2 is 2.06 bits per heavy atom. The van der Waals surface area contributed by atoms with Crippen molar-refractivity contribution in [1.82, 2.24) is 4.90 Å². The predicted molar refractivity (Wildman–Crippen MR) is 71.2 cm³/mol. The molecule has 0 bridgehead atoms. The number of methoxy groups -OCH3 is 1. The predicted octanol–water partition coefficient (Wildman–Crippen LogP) is 1.53. The minimum Gasteiger partial charge on any atom is -0.380 e. The van der Waals surface area contributed by atoms with E-state index in [1.807, 2.05) is 0 Å². The van der Waals surface area contributed by atoms with E-state index in [9.17, 15) is 4.79 Å². The molecule has 4 nitrogen and oxygen atoms in total. The molecule has 2 rings (SSSR count). The molecule has 0 spiro atoms. The average molecular weight is 254 g/mol. The van der Waals surface area contributed by atoms with Crippen molar-refractivity contribution in [2.75, 3.05) is 20.2 Å². The number of ether oxygens (including phenoxy) is 1. The normalized spacial score (nSPS) is 26.8. The monoisotopic (exact) mass is 254 g/mol. The van der Waals surface area contributed by atoms with Gasteiger partial charge in [-0.05, 0) is 31.6 Å². The Hall–Kier alpha value is -0.610. The molecule has 0 aromatic rings. The van der Waals surface area contributed by atoms with Gasteiger partial charge in [-0.3, -0.25) is 4.79 Å². The second-order valence-corrected chi connectivity index (χ2v) is 5.64. The zero-order valence-corrected chi connectivity index (χ0v) is 11.4. The van der Waals surface area contributed by atoms with Gasteiger partial charge in [-0.15, -0.1) is 0 Å². The number of likely N-dealkylation sites (tertiary alicyclic amines) is 1. The highest BCUT2D eigenvalue weighted by molar-refractivity contribution is 5.77. The fourth-order valence-corrected chi connectivity index (χ4v) is 3.51. The molecule has 1 aliphatic heterocycles. The van der Waals surface area contributed by atoms with E-state index in [1.54, 1.807) is 7.11 Å². The first-order valence-corrected chi connectivity index (χ1v) is 7.28. The molecule has 1 amide bonds. The molecule has 0 aromatic carbocycles. The van der Waals surface area contributed by atoms with Crippen LogP contribution in [-0.2, 0) is 9.53 Å². The van der Waals surface area contributed by atoms with Crippen molar-refractivity contribution < 1.29 is 9.53 Å². The van der Waals surface area contributed by atoms with E-state index in [1.165, 1.54) is 32.1 Å². The lowest BCUT2D eigenvalue weighted by molar-refractivity contribution is -0.135. The number of hydrogen-bond acceptors (Lipinski definition) is 3. The topological polar surface area (TPSA) is 55.6 Å². The van der Waals surface area contributed by atoms with Gasteiger partial charge in [-0.2, -0.15) is 0 Å². The summed E-state index contributed by atoms with van der Waals surface area (Å²) in [4.78, 5) is 14.4. The molecule has 2 atom stereocenters. The minimum atomic E-state index is -0.123. The summed E-state index contributed by atoms with van der Waals surface area (Å²) in [6.45, 7) is 1.35. The zero-order chi connectivity index (χ0) is 13.0. The van der Waals surface area contributed by atoms with Crippen LogP contribution in [-0.4, -0.2) is 43.2 Å². The number of hydrogen-bond donors (Lipinski definition) is 1. The summed E-state index contributed by atoms with van der Waals surface area (Å²) in [6, 6.07) is 0.496. The summed E-state index contributed by atoms with van der Waals surface area (Å²) >= 11 is 0. The molecular weight excluding hydrogens is 228 g/mol. The van der Waals surface area contributed by atoms with E-state index in [2.05, 4.69) is 4.90 Å². The number of amides is 1. The van der Waals surface area contributed by atoms with E-state index >= 15 is 0 Å². The summed E-state index contributed by atoms with van der Waals surface area (Å²) < 4.78 is 5.22. The van der Waals surface area contributed by atoms with Gasteiger partial charge in [0, 0.05) is 26.2 Å². The second kappa shape index (κ2) is 6.53. The summed E-state index contributed by atoms with van der Waals surface area (Å²) in [5.41, 5.74) is 5.59. The molecule has 1 saturated heterocycles. The fraction of sp³-hybridized carbons (Fsp3) is 0.929. The highest BCUT2D eigenvalue weighted by Gasteiger charge is 2.36. The third-order valence-corrected chi connectivity index (χ3v) is 4.56. The Morgan fingerprint density at radius 3 is 2.67 bits per heavy atom. The molecule has 2 N–H and O–H groups in total. The molecule has 0 aromatic heterocycles. The number of nitrogens with zero attached hydrogens (tertiary/aromatic N) is 1. The lowest BCUT2D eigenvalue weighted by Crippen LogP contribution is -2.41. The number of rotatable bonds is 5. The second-order valence-electron chi connectivity index (χ2n) is 5.64. The molecule has 0 radical (unpaired) electrons. The van der Waals surface area contributed by atoms with Gasteiger partial charge in [-0.1, -0.05) is 12.8 Å². The molecule has 2 fully saturated rings. The van der Waals surface area contributed by atoms with Gasteiger partial charge in [0.05, 0.1) is 12.5 Å². The Bertz CT molecular complexity index is 273. The smallest absolute Gasteiger partial charge is 0.225 e. The maximum atomic E-state index is 12.3. The van der Waals surface area contributed by atoms with Gasteiger partial charge in [0.2, 0.25) is 5.91 Å². The summed E-state index contributed by atoms with van der Waals surface area (Å²) in [6.07, 6.45) is 7.96. The molecular formula is C14H26N2O2. The van der Waals surface area contributed by atoms with Crippen molar-refractivity contribution in [3.63, 3.8) is 0 Å². The Kier molecular flexibility index (Phi) is 5.01. The van der Waals surface area contributed by atoms with Crippen LogP contribution < -0.4 is 5.73 Å². The number of carbonyl (C=O) groups is 1. The molecule has 104 valence electrons. The van der Waals surface area contributed by atoms with E-state index < -0.39 is 0 Å². The maximum absolute atomic E-state index is 12.3. The van der Waals surface area contributed by atoms with Crippen LogP contribution in [0.25, 0.3) is 0 Å². The van der Waals surface area contributed by atoms with Crippen molar-refractivity contribution in [3.05, 3.63) is 0 Å². The van der Waals surface area contributed by atoms with E-state index in [0.717, 1.165) is 18.9 Å². The first-order chi connectivity index (χ1) is 8.76. The van der Waals surface area contributed by atoms with Gasteiger partial charge in [0.25, 0.3) is 0 Å². The summed E-state index contributed by atoms with van der Waals surface area (Å²) in [5.74, 6) is 0.983. The Labute approximate surface area is 110 Å². The van der Waals surface area contributed by atoms with Crippen molar-refractivity contribution in [2.45, 2.75) is 57.1 Å². The van der Waals surface area contributed by atoms with Crippen LogP contribution in [0.15, 0.2) is 0 Å². The highest BCUT2D eigenvalue weighted by atomic mass is 16.5. The van der Waals surface area contributed by atoms with Gasteiger partial charge in [-0.25, -0.2) is 0 Å². The molecule has 2 aliphatic rings. The maximum Gasteiger partial charge on any atom is 0.225 e. The SMILES string of the molecule is COC(CN)CC(=O)N1CCCC1C1CCCC1. The van der Waals surface area contributed by atoms with Crippen LogP contribution in [0, 0.1) is 5.92 Å². The van der Waals surface area contributed by atoms with Crippen LogP contribution >= 0.6 is 0 Å². The third kappa shape index (κ3) is 3.04. The van der Waals surface area contributed by atoms with Crippen LogP contribution in [0.2, 0.25) is 0 Å². The lowest BCUT2D eigenvalue weighted by atomic mass is 9.96. The van der Waals surface area contributed by atoms with E-state index in [-0.39, 0.29) is 12.0 Å². The zero-order valence-electron chi connectivity index (χ0n) is 11.4. The third-order valence-electron chi connectivity index (χ3n) is 4.56. The van der Waals surface area contributed by atoms with E-state index in [4.69, 9.17) is 10.5 Å². The van der Waals surface area contributed by atoms with Gasteiger partial charge in [0.15, 0.2) is 0 Å². The van der Waals surface area contributed by atoms with Crippen LogP contribution in [0.5, 0.6) is 0 Å². The Balaban J connectivity index is 1.91. The van der Waals surface area contributed by atoms with Crippen LogP contribution in [0.3, 0.4) is 0 Å². The van der Waals surface area contributed by atoms with Gasteiger partial charge < -0.3 is 15.4 Å². The minimum absolute atomic E-state index is 0.123. The van der Waals surface area contributed by atoms with Gasteiger partial charge >= 0.3 is 0 Å². The van der Waals surface area contributed by atoms with Crippen LogP contribution in [0.4, 0.5) is 0 Å².